The lowest BCUT2D eigenvalue weighted by atomic mass is 9.98. The Hall–Kier alpha value is -1.63. The molecule has 0 spiro atoms. The Balaban J connectivity index is 4.88. The van der Waals surface area contributed by atoms with Gasteiger partial charge in [0.05, 0.1) is 21.1 Å². The number of carbonyl (C=O) groups excluding carboxylic acids is 3. The second kappa shape index (κ2) is 38.9. The normalized spacial score (nSPS) is 11.9. The molecule has 0 atom stereocenters. The highest BCUT2D eigenvalue weighted by Crippen LogP contribution is 2.24. The third-order valence-corrected chi connectivity index (χ3v) is 11.9. The van der Waals surface area contributed by atoms with Gasteiger partial charge in [-0.05, 0) is 19.3 Å². The zero-order valence-corrected chi connectivity index (χ0v) is 38.5. The van der Waals surface area contributed by atoms with Gasteiger partial charge in [-0.2, -0.15) is 0 Å². The zero-order chi connectivity index (χ0) is 41.4. The first-order valence-corrected chi connectivity index (χ1v) is 24.4. The molecular formula is C49H96NO6+. The van der Waals surface area contributed by atoms with Crippen molar-refractivity contribution in [3.05, 3.63) is 0 Å². The van der Waals surface area contributed by atoms with Crippen LogP contribution in [0.25, 0.3) is 0 Å². The second-order valence-electron chi connectivity index (χ2n) is 18.1. The van der Waals surface area contributed by atoms with Gasteiger partial charge in [-0.1, -0.05) is 213 Å². The maximum atomic E-state index is 13.0. The third kappa shape index (κ3) is 33.4. The van der Waals surface area contributed by atoms with Crippen LogP contribution in [-0.2, 0) is 28.6 Å². The summed E-state index contributed by atoms with van der Waals surface area (Å²) in [6.07, 6.45) is 41.6. The lowest BCUT2D eigenvalue weighted by molar-refractivity contribution is -0.925. The van der Waals surface area contributed by atoms with E-state index in [0.717, 1.165) is 57.8 Å². The summed E-state index contributed by atoms with van der Waals surface area (Å²) in [7, 11) is 5.98. The number of rotatable bonds is 43. The van der Waals surface area contributed by atoms with Crippen molar-refractivity contribution < 1.29 is 33.1 Å². The summed E-state index contributed by atoms with van der Waals surface area (Å²) in [5.74, 6) is -0.713. The smallest absolute Gasteiger partial charge is 0.306 e. The molecule has 0 aromatic carbocycles. The molecule has 0 heterocycles. The maximum Gasteiger partial charge on any atom is 0.306 e. The number of unbranched alkanes of at least 4 members (excludes halogenated alkanes) is 30. The highest BCUT2D eigenvalue weighted by atomic mass is 16.6. The predicted molar refractivity (Wildman–Crippen MR) is 237 cm³/mol. The van der Waals surface area contributed by atoms with Gasteiger partial charge in [-0.25, -0.2) is 0 Å². The molecule has 0 saturated carbocycles. The summed E-state index contributed by atoms with van der Waals surface area (Å²) < 4.78 is 18.0. The molecule has 0 rings (SSSR count). The number of hydrogen-bond donors (Lipinski definition) is 0. The molecule has 0 aromatic rings. The Labute approximate surface area is 348 Å². The van der Waals surface area contributed by atoms with Gasteiger partial charge in [-0.15, -0.1) is 0 Å². The summed E-state index contributed by atoms with van der Waals surface area (Å²) in [6, 6.07) is 0. The van der Waals surface area contributed by atoms with E-state index < -0.39 is 5.54 Å². The Morgan fingerprint density at radius 3 is 0.679 bits per heavy atom. The van der Waals surface area contributed by atoms with Crippen molar-refractivity contribution in [3.63, 3.8) is 0 Å². The van der Waals surface area contributed by atoms with E-state index in [9.17, 15) is 14.4 Å². The van der Waals surface area contributed by atoms with E-state index in [-0.39, 0.29) is 37.7 Å². The fraction of sp³-hybridized carbons (Fsp3) is 0.939. The first-order chi connectivity index (χ1) is 27.1. The van der Waals surface area contributed by atoms with Crippen molar-refractivity contribution in [2.45, 2.75) is 257 Å². The van der Waals surface area contributed by atoms with E-state index in [0.29, 0.717) is 23.7 Å². The van der Waals surface area contributed by atoms with Crippen LogP contribution in [0.1, 0.15) is 252 Å². The molecule has 56 heavy (non-hydrogen) atoms. The minimum absolute atomic E-state index is 0.0326. The predicted octanol–water partition coefficient (Wildman–Crippen LogP) is 14.2. The molecule has 0 unspecified atom stereocenters. The van der Waals surface area contributed by atoms with E-state index in [1.807, 2.05) is 21.1 Å². The summed E-state index contributed by atoms with van der Waals surface area (Å²) in [6.45, 7) is 6.87. The van der Waals surface area contributed by atoms with Crippen LogP contribution in [0.5, 0.6) is 0 Å². The van der Waals surface area contributed by atoms with Crippen LogP contribution in [0, 0.1) is 0 Å². The molecule has 0 N–H and O–H groups in total. The Kier molecular flexibility index (Phi) is 37.7. The molecule has 0 saturated heterocycles. The number of likely N-dealkylation sites (N-methyl/N-ethyl adjacent to an activating group) is 1. The number of ether oxygens (including phenoxy) is 3. The van der Waals surface area contributed by atoms with E-state index in [4.69, 9.17) is 14.2 Å². The van der Waals surface area contributed by atoms with Gasteiger partial charge < -0.3 is 18.7 Å². The minimum Gasteiger partial charge on any atom is -0.459 e. The second-order valence-corrected chi connectivity index (χ2v) is 18.1. The molecule has 0 aliphatic rings. The quantitative estimate of drug-likeness (QED) is 0.0265. The van der Waals surface area contributed by atoms with Gasteiger partial charge >= 0.3 is 17.9 Å². The minimum atomic E-state index is -0.896. The maximum absolute atomic E-state index is 13.0. The van der Waals surface area contributed by atoms with Crippen LogP contribution in [-0.4, -0.2) is 68.9 Å². The van der Waals surface area contributed by atoms with Crippen molar-refractivity contribution in [2.24, 2.45) is 0 Å². The zero-order valence-electron chi connectivity index (χ0n) is 38.5. The Morgan fingerprint density at radius 2 is 0.500 bits per heavy atom. The molecule has 0 aromatic heterocycles. The molecule has 332 valence electrons. The van der Waals surface area contributed by atoms with E-state index in [1.54, 1.807) is 0 Å². The van der Waals surface area contributed by atoms with Crippen molar-refractivity contribution >= 4 is 17.9 Å². The molecule has 0 aliphatic carbocycles. The van der Waals surface area contributed by atoms with E-state index >= 15 is 0 Å². The van der Waals surface area contributed by atoms with Gasteiger partial charge in [0.25, 0.3) is 0 Å². The molecule has 7 heteroatoms. The Bertz CT molecular complexity index is 797. The Morgan fingerprint density at radius 1 is 0.321 bits per heavy atom. The van der Waals surface area contributed by atoms with Crippen LogP contribution in [0.3, 0.4) is 0 Å². The van der Waals surface area contributed by atoms with Crippen LogP contribution in [0.4, 0.5) is 0 Å². The number of quaternary nitrogens is 1. The molecule has 0 aliphatic heterocycles. The highest BCUT2D eigenvalue weighted by Gasteiger charge is 2.47. The monoisotopic (exact) mass is 795 g/mol. The molecule has 0 amide bonds. The highest BCUT2D eigenvalue weighted by molar-refractivity contribution is 5.70. The lowest BCUT2D eigenvalue weighted by Gasteiger charge is -2.44. The molecule has 7 nitrogen and oxygen atoms in total. The first kappa shape index (κ1) is 54.4. The summed E-state index contributed by atoms with van der Waals surface area (Å²) in [4.78, 5) is 38.9. The number of esters is 3. The lowest BCUT2D eigenvalue weighted by Crippen LogP contribution is -2.65. The standard InChI is InChI=1S/C49H96NO6/c1-7-10-13-16-19-22-25-28-31-34-37-40-46(51)54-43-49(50(4,5)6,44-55-47(52)41-38-35-32-29-26-23-20-17-14-11-8-2)45-56-48(53)42-39-36-33-30-27-24-21-18-15-12-9-3/h7-45H2,1-6H3/q+1. The van der Waals surface area contributed by atoms with Crippen LogP contribution < -0.4 is 0 Å². The fourth-order valence-electron chi connectivity index (χ4n) is 7.37. The number of hydrogen-bond acceptors (Lipinski definition) is 6. The van der Waals surface area contributed by atoms with Gasteiger partial charge in [-0.3, -0.25) is 14.4 Å². The van der Waals surface area contributed by atoms with E-state index in [2.05, 4.69) is 20.8 Å². The number of nitrogens with zero attached hydrogens (tertiary/aromatic N) is 1. The number of carbonyl (C=O) groups is 3. The van der Waals surface area contributed by atoms with Gasteiger partial charge in [0.15, 0.2) is 19.8 Å². The molecule has 0 bridgehead atoms. The van der Waals surface area contributed by atoms with Crippen LogP contribution >= 0.6 is 0 Å². The van der Waals surface area contributed by atoms with Gasteiger partial charge in [0.2, 0.25) is 5.54 Å². The van der Waals surface area contributed by atoms with Crippen molar-refractivity contribution in [1.29, 1.82) is 0 Å². The van der Waals surface area contributed by atoms with Gasteiger partial charge in [0.1, 0.15) is 0 Å². The molecule has 0 radical (unpaired) electrons. The van der Waals surface area contributed by atoms with Crippen molar-refractivity contribution in [1.82, 2.24) is 0 Å². The summed E-state index contributed by atoms with van der Waals surface area (Å²) in [5, 5.41) is 0. The largest absolute Gasteiger partial charge is 0.459 e. The van der Waals surface area contributed by atoms with Crippen LogP contribution in [0.15, 0.2) is 0 Å². The average molecular weight is 795 g/mol. The van der Waals surface area contributed by atoms with Crippen molar-refractivity contribution in [3.8, 4) is 0 Å². The topological polar surface area (TPSA) is 78.9 Å². The third-order valence-electron chi connectivity index (χ3n) is 11.9. The van der Waals surface area contributed by atoms with E-state index in [1.165, 1.54) is 154 Å². The SMILES string of the molecule is CCCCCCCCCCCCCC(=O)OCC(COC(=O)CCCCCCCCCCCCC)(COC(=O)CCCCCCCCCCCCC)[N+](C)(C)C. The summed E-state index contributed by atoms with van der Waals surface area (Å²) in [5.41, 5.74) is -0.896. The molecule has 0 fully saturated rings. The first-order valence-electron chi connectivity index (χ1n) is 24.4. The fourth-order valence-corrected chi connectivity index (χ4v) is 7.37. The van der Waals surface area contributed by atoms with Crippen LogP contribution in [0.2, 0.25) is 0 Å². The van der Waals surface area contributed by atoms with Gasteiger partial charge in [0, 0.05) is 19.3 Å². The van der Waals surface area contributed by atoms with Crippen molar-refractivity contribution in [2.75, 3.05) is 41.0 Å². The average Bonchev–Trinajstić information content (AvgIpc) is 3.17. The summed E-state index contributed by atoms with van der Waals surface area (Å²) >= 11 is 0. The molecular weight excluding hydrogens is 699 g/mol.